The van der Waals surface area contributed by atoms with Crippen molar-refractivity contribution in [3.63, 3.8) is 0 Å². The van der Waals surface area contributed by atoms with E-state index in [1.54, 1.807) is 0 Å². The zero-order chi connectivity index (χ0) is 4.50. The van der Waals surface area contributed by atoms with Crippen LogP contribution in [0.2, 0.25) is 0 Å². The first-order valence-electron chi connectivity index (χ1n) is 0.752. The Morgan fingerprint density at radius 1 is 1.50 bits per heavy atom. The third-order valence-electron chi connectivity index (χ3n) is 0. The molecule has 4 nitrogen and oxygen atoms in total. The molecule has 0 aliphatic carbocycles. The van der Waals surface area contributed by atoms with Crippen molar-refractivity contribution in [3.05, 3.63) is 0 Å². The molecule has 0 radical (unpaired) electrons. The topological polar surface area (TPSA) is 80.4 Å². The summed E-state index contributed by atoms with van der Waals surface area (Å²) < 4.78 is 25.2. The number of rotatable bonds is 0. The van der Waals surface area contributed by atoms with Gasteiger partial charge in [0.15, 0.2) is 0 Å². The van der Waals surface area contributed by atoms with Crippen LogP contribution in [0.15, 0.2) is 0 Å². The fourth-order valence-electron chi connectivity index (χ4n) is 0. The van der Waals surface area contributed by atoms with Gasteiger partial charge in [0.25, 0.3) is 0 Å². The Balaban J connectivity index is 0. The minimum Gasteiger partial charge on any atom is -0.274 e. The van der Waals surface area contributed by atoms with Crippen molar-refractivity contribution in [1.82, 2.24) is 0 Å². The van der Waals surface area contributed by atoms with Gasteiger partial charge in [-0.15, -0.1) is 0 Å². The van der Waals surface area contributed by atoms with Gasteiger partial charge in [-0.05, 0) is 0 Å². The molecule has 0 atom stereocenters. The van der Waals surface area contributed by atoms with Gasteiger partial charge in [-0.1, -0.05) is 0 Å². The van der Waals surface area contributed by atoms with Crippen molar-refractivity contribution < 1.29 is 29.5 Å². The molecule has 0 bridgehead atoms. The second kappa shape index (κ2) is 2.52. The van der Waals surface area contributed by atoms with Gasteiger partial charge >= 0.3 is 10.3 Å². The first-order valence-corrected chi connectivity index (χ1v) is 2.25. The summed E-state index contributed by atoms with van der Waals surface area (Å²) in [7, 11) is -4.17. The van der Waals surface area contributed by atoms with Crippen molar-refractivity contribution in [2.45, 2.75) is 0 Å². The zero-order valence-electron chi connectivity index (χ0n) is 2.57. The second-order valence-corrected chi connectivity index (χ2v) is 1.54. The molecule has 0 rings (SSSR count). The van der Waals surface area contributed by atoms with Crippen LogP contribution in [0.3, 0.4) is 0 Å². The standard InChI is InChI=1S/H3NO3S.Ni/c1-5(2,3)4;/h(H3,1,2,3,4);. The third kappa shape index (κ3) is 374. The summed E-state index contributed by atoms with van der Waals surface area (Å²) in [5.74, 6) is 0. The predicted octanol–water partition coefficient (Wildman–Crippen LogP) is -1.25. The van der Waals surface area contributed by atoms with E-state index in [1.807, 2.05) is 0 Å². The number of nitrogens with two attached hydrogens (primary N) is 1. The maximum Gasteiger partial charge on any atom is 0.330 e. The van der Waals surface area contributed by atoms with E-state index in [0.29, 0.717) is 0 Å². The largest absolute Gasteiger partial charge is 0.330 e. The summed E-state index contributed by atoms with van der Waals surface area (Å²) in [6.07, 6.45) is 0. The molecular weight excluding hydrogens is 153 g/mol. The molecule has 42 valence electrons. The summed E-state index contributed by atoms with van der Waals surface area (Å²) >= 11 is 0. The van der Waals surface area contributed by atoms with Crippen LogP contribution in [-0.2, 0) is 26.8 Å². The molecule has 0 unspecified atom stereocenters. The average Bonchev–Trinajstić information content (AvgIpc) is 0.722. The van der Waals surface area contributed by atoms with Gasteiger partial charge in [-0.3, -0.25) is 4.55 Å². The normalized spacial score (nSPS) is 9.67. The van der Waals surface area contributed by atoms with Gasteiger partial charge in [0.1, 0.15) is 0 Å². The summed E-state index contributed by atoms with van der Waals surface area (Å²) in [6, 6.07) is 0. The van der Waals surface area contributed by atoms with Crippen molar-refractivity contribution in [1.29, 1.82) is 0 Å². The Hall–Kier alpha value is 0.364. The fraction of sp³-hybridized carbons (Fsp3) is 0. The Morgan fingerprint density at radius 3 is 1.50 bits per heavy atom. The molecule has 0 fully saturated rings. The molecule has 6 heavy (non-hydrogen) atoms. The molecule has 0 amide bonds. The Kier molecular flexibility index (Phi) is 4.04. The summed E-state index contributed by atoms with van der Waals surface area (Å²) in [5.41, 5.74) is 0. The van der Waals surface area contributed by atoms with Crippen molar-refractivity contribution in [3.8, 4) is 0 Å². The van der Waals surface area contributed by atoms with E-state index in [1.165, 1.54) is 0 Å². The van der Waals surface area contributed by atoms with E-state index < -0.39 is 10.3 Å². The molecule has 0 aliphatic heterocycles. The van der Waals surface area contributed by atoms with Gasteiger partial charge in [-0.2, -0.15) is 8.42 Å². The average molecular weight is 156 g/mol. The van der Waals surface area contributed by atoms with Crippen LogP contribution in [-0.4, -0.2) is 13.0 Å². The Morgan fingerprint density at radius 2 is 1.50 bits per heavy atom. The molecule has 0 saturated heterocycles. The van der Waals surface area contributed by atoms with Crippen LogP contribution < -0.4 is 5.14 Å². The number of hydrogen-bond acceptors (Lipinski definition) is 2. The van der Waals surface area contributed by atoms with Crippen LogP contribution >= 0.6 is 0 Å². The second-order valence-electron chi connectivity index (χ2n) is 0.515. The van der Waals surface area contributed by atoms with Crippen LogP contribution in [0.1, 0.15) is 0 Å². The van der Waals surface area contributed by atoms with Gasteiger partial charge in [0, 0.05) is 16.5 Å². The molecule has 0 aliphatic rings. The summed E-state index contributed by atoms with van der Waals surface area (Å²) in [6.45, 7) is 0. The molecule has 0 aromatic heterocycles. The maximum absolute atomic E-state index is 8.97. The molecule has 0 aromatic rings. The molecule has 0 saturated carbocycles. The van der Waals surface area contributed by atoms with Crippen molar-refractivity contribution in [2.24, 2.45) is 5.14 Å². The van der Waals surface area contributed by atoms with Gasteiger partial charge in [0.05, 0.1) is 0 Å². The first-order chi connectivity index (χ1) is 2.00. The Labute approximate surface area is 45.5 Å². The molecular formula is H3NNiO3S. The van der Waals surface area contributed by atoms with E-state index in [0.717, 1.165) is 0 Å². The quantitative estimate of drug-likeness (QED) is 0.339. The van der Waals surface area contributed by atoms with Gasteiger partial charge < -0.3 is 0 Å². The minimum absolute atomic E-state index is 0. The molecule has 0 heterocycles. The van der Waals surface area contributed by atoms with Gasteiger partial charge in [-0.25, -0.2) is 5.14 Å². The first kappa shape index (κ1) is 9.61. The molecule has 0 aromatic carbocycles. The monoisotopic (exact) mass is 155 g/mol. The summed E-state index contributed by atoms with van der Waals surface area (Å²) in [4.78, 5) is 0. The van der Waals surface area contributed by atoms with Crippen molar-refractivity contribution in [2.75, 3.05) is 0 Å². The molecule has 6 heteroatoms. The van der Waals surface area contributed by atoms with E-state index >= 15 is 0 Å². The molecule has 0 spiro atoms. The fourth-order valence-corrected chi connectivity index (χ4v) is 0. The third-order valence-corrected chi connectivity index (χ3v) is 0. The van der Waals surface area contributed by atoms with E-state index in [9.17, 15) is 0 Å². The minimum atomic E-state index is -4.17. The van der Waals surface area contributed by atoms with Crippen LogP contribution in [0, 0.1) is 0 Å². The Bertz CT molecular complexity index is 94.0. The smallest absolute Gasteiger partial charge is 0.274 e. The predicted molar refractivity (Wildman–Crippen MR) is 15.7 cm³/mol. The van der Waals surface area contributed by atoms with E-state index in [4.69, 9.17) is 13.0 Å². The van der Waals surface area contributed by atoms with Gasteiger partial charge in [0.2, 0.25) is 0 Å². The molecule has 3 N–H and O–H groups in total. The summed E-state index contributed by atoms with van der Waals surface area (Å²) in [5, 5.41) is 3.88. The van der Waals surface area contributed by atoms with Crippen LogP contribution in [0.5, 0.6) is 0 Å². The van der Waals surface area contributed by atoms with Crippen LogP contribution in [0.25, 0.3) is 0 Å². The maximum atomic E-state index is 8.97. The SMILES string of the molecule is NS(=O)(=O)O.[Ni]. The van der Waals surface area contributed by atoms with E-state index in [2.05, 4.69) is 5.14 Å². The van der Waals surface area contributed by atoms with Crippen LogP contribution in [0.4, 0.5) is 0 Å². The van der Waals surface area contributed by atoms with Crippen molar-refractivity contribution >= 4 is 10.3 Å². The zero-order valence-corrected chi connectivity index (χ0v) is 4.37. The van der Waals surface area contributed by atoms with E-state index in [-0.39, 0.29) is 16.5 Å². The number of hydrogen-bond donors (Lipinski definition) is 2.